The summed E-state index contributed by atoms with van der Waals surface area (Å²) < 4.78 is 0. The van der Waals surface area contributed by atoms with Crippen LogP contribution < -0.4 is 0 Å². The first-order valence-electron chi connectivity index (χ1n) is 7.83. The number of aliphatic hydroxyl groups is 1. The van der Waals surface area contributed by atoms with Crippen LogP contribution in [0.3, 0.4) is 0 Å². The first-order valence-corrected chi connectivity index (χ1v) is 7.83. The Balaban J connectivity index is 1.91. The maximum absolute atomic E-state index is 11.3. The molecule has 0 aliphatic heterocycles. The quantitative estimate of drug-likeness (QED) is 0.800. The van der Waals surface area contributed by atoms with Gasteiger partial charge in [0.25, 0.3) is 0 Å². The van der Waals surface area contributed by atoms with Crippen LogP contribution in [-0.2, 0) is 12.0 Å². The van der Waals surface area contributed by atoms with Crippen LogP contribution in [0.15, 0.2) is 18.2 Å². The second-order valence-electron chi connectivity index (χ2n) is 7.05. The predicted molar refractivity (Wildman–Crippen MR) is 79.1 cm³/mol. The minimum atomic E-state index is -0.546. The fourth-order valence-electron chi connectivity index (χ4n) is 4.18. The van der Waals surface area contributed by atoms with Gasteiger partial charge in [0.1, 0.15) is 0 Å². The molecule has 1 aromatic rings. The van der Waals surface area contributed by atoms with Crippen molar-refractivity contribution in [3.8, 4) is 0 Å². The highest BCUT2D eigenvalue weighted by Gasteiger charge is 2.45. The monoisotopic (exact) mass is 258 g/mol. The average Bonchev–Trinajstić information content (AvgIpc) is 2.72. The number of benzene rings is 1. The van der Waals surface area contributed by atoms with Crippen LogP contribution in [0.25, 0.3) is 0 Å². The van der Waals surface area contributed by atoms with Gasteiger partial charge in [-0.25, -0.2) is 0 Å². The van der Waals surface area contributed by atoms with E-state index in [9.17, 15) is 5.11 Å². The van der Waals surface area contributed by atoms with Crippen molar-refractivity contribution in [3.63, 3.8) is 0 Å². The van der Waals surface area contributed by atoms with E-state index in [-0.39, 0.29) is 0 Å². The summed E-state index contributed by atoms with van der Waals surface area (Å²) in [5.74, 6) is 2.02. The molecule has 0 aromatic heterocycles. The lowest BCUT2D eigenvalue weighted by molar-refractivity contribution is -0.0511. The molecule has 1 saturated carbocycles. The molecule has 0 bridgehead atoms. The van der Waals surface area contributed by atoms with E-state index in [0.29, 0.717) is 5.92 Å². The molecule has 4 unspecified atom stereocenters. The fraction of sp³-hybridized carbons (Fsp3) is 0.667. The zero-order chi connectivity index (χ0) is 13.6. The van der Waals surface area contributed by atoms with Gasteiger partial charge < -0.3 is 5.11 Å². The van der Waals surface area contributed by atoms with Crippen LogP contribution in [0.4, 0.5) is 0 Å². The van der Waals surface area contributed by atoms with Gasteiger partial charge >= 0.3 is 0 Å². The molecule has 1 aromatic carbocycles. The zero-order valence-electron chi connectivity index (χ0n) is 12.4. The molecule has 19 heavy (non-hydrogen) atoms. The molecule has 1 nitrogen and oxygen atoms in total. The Hall–Kier alpha value is -0.820. The van der Waals surface area contributed by atoms with Crippen molar-refractivity contribution in [1.29, 1.82) is 0 Å². The highest BCUT2D eigenvalue weighted by molar-refractivity contribution is 5.40. The Morgan fingerprint density at radius 1 is 1.16 bits per heavy atom. The number of hydrogen-bond acceptors (Lipinski definition) is 1. The maximum Gasteiger partial charge on any atom is 0.0930 e. The average molecular weight is 258 g/mol. The van der Waals surface area contributed by atoms with Gasteiger partial charge in [0.2, 0.25) is 0 Å². The second-order valence-corrected chi connectivity index (χ2v) is 7.05. The Kier molecular flexibility index (Phi) is 3.21. The Morgan fingerprint density at radius 3 is 2.68 bits per heavy atom. The van der Waals surface area contributed by atoms with E-state index in [0.717, 1.165) is 24.7 Å². The number of hydrogen-bond donors (Lipinski definition) is 1. The van der Waals surface area contributed by atoms with Crippen molar-refractivity contribution < 1.29 is 5.11 Å². The fourth-order valence-corrected chi connectivity index (χ4v) is 4.18. The summed E-state index contributed by atoms with van der Waals surface area (Å²) in [5, 5.41) is 11.3. The summed E-state index contributed by atoms with van der Waals surface area (Å²) in [5.41, 5.74) is 3.34. The van der Waals surface area contributed by atoms with Crippen LogP contribution in [0.2, 0.25) is 0 Å². The molecule has 1 heteroatoms. The summed E-state index contributed by atoms with van der Waals surface area (Å²) in [7, 11) is 0. The number of aryl methyl sites for hydroxylation is 2. The lowest BCUT2D eigenvalue weighted by Gasteiger charge is -2.41. The number of fused-ring (bicyclic) bond motifs is 1. The van der Waals surface area contributed by atoms with Gasteiger partial charge in [-0.05, 0) is 61.5 Å². The summed E-state index contributed by atoms with van der Waals surface area (Å²) in [6.45, 7) is 6.84. The van der Waals surface area contributed by atoms with Crippen molar-refractivity contribution in [1.82, 2.24) is 0 Å². The summed E-state index contributed by atoms with van der Waals surface area (Å²) in [6.07, 6.45) is 5.62. The summed E-state index contributed by atoms with van der Waals surface area (Å²) in [6, 6.07) is 6.62. The third-order valence-electron chi connectivity index (χ3n) is 5.78. The van der Waals surface area contributed by atoms with Gasteiger partial charge in [-0.2, -0.15) is 0 Å². The summed E-state index contributed by atoms with van der Waals surface area (Å²) in [4.78, 5) is 0. The summed E-state index contributed by atoms with van der Waals surface area (Å²) >= 11 is 0. The lowest BCUT2D eigenvalue weighted by Crippen LogP contribution is -2.37. The molecule has 0 radical (unpaired) electrons. The van der Waals surface area contributed by atoms with Gasteiger partial charge in [0.15, 0.2) is 0 Å². The van der Waals surface area contributed by atoms with Crippen molar-refractivity contribution in [2.24, 2.45) is 17.8 Å². The Labute approximate surface area is 117 Å². The lowest BCUT2D eigenvalue weighted by atomic mass is 9.67. The van der Waals surface area contributed by atoms with E-state index < -0.39 is 5.60 Å². The maximum atomic E-state index is 11.3. The SMILES string of the molecule is Cc1ccc2c(c1)C(O)(C1CCC(C)C(C)C1)CC2. The van der Waals surface area contributed by atoms with Crippen molar-refractivity contribution >= 4 is 0 Å². The van der Waals surface area contributed by atoms with E-state index in [1.54, 1.807) is 0 Å². The normalized spacial score (nSPS) is 38.2. The highest BCUT2D eigenvalue weighted by Crippen LogP contribution is 2.49. The first-order chi connectivity index (χ1) is 9.00. The zero-order valence-corrected chi connectivity index (χ0v) is 12.4. The molecular formula is C18H26O. The van der Waals surface area contributed by atoms with E-state index >= 15 is 0 Å². The molecular weight excluding hydrogens is 232 g/mol. The largest absolute Gasteiger partial charge is 0.385 e. The van der Waals surface area contributed by atoms with E-state index in [1.165, 1.54) is 36.0 Å². The minimum absolute atomic E-state index is 0.460. The topological polar surface area (TPSA) is 20.2 Å². The predicted octanol–water partition coefficient (Wildman–Crippen LogP) is 4.20. The third kappa shape index (κ3) is 2.12. The van der Waals surface area contributed by atoms with Gasteiger partial charge in [0.05, 0.1) is 5.60 Å². The molecule has 2 aliphatic rings. The molecule has 0 saturated heterocycles. The van der Waals surface area contributed by atoms with Crippen LogP contribution in [-0.4, -0.2) is 5.11 Å². The van der Waals surface area contributed by atoms with Crippen molar-refractivity contribution in [2.45, 2.75) is 58.5 Å². The molecule has 2 aliphatic carbocycles. The molecule has 104 valence electrons. The molecule has 1 N–H and O–H groups in total. The third-order valence-corrected chi connectivity index (χ3v) is 5.78. The van der Waals surface area contributed by atoms with Gasteiger partial charge in [-0.15, -0.1) is 0 Å². The smallest absolute Gasteiger partial charge is 0.0930 e. The molecule has 3 rings (SSSR count). The molecule has 0 amide bonds. The molecule has 4 atom stereocenters. The molecule has 0 heterocycles. The Morgan fingerprint density at radius 2 is 1.95 bits per heavy atom. The highest BCUT2D eigenvalue weighted by atomic mass is 16.3. The van der Waals surface area contributed by atoms with Crippen molar-refractivity contribution in [3.05, 3.63) is 34.9 Å². The van der Waals surface area contributed by atoms with Crippen LogP contribution in [0.5, 0.6) is 0 Å². The van der Waals surface area contributed by atoms with Gasteiger partial charge in [-0.1, -0.05) is 44.0 Å². The number of rotatable bonds is 1. The van der Waals surface area contributed by atoms with E-state index in [4.69, 9.17) is 0 Å². The molecule has 1 fully saturated rings. The van der Waals surface area contributed by atoms with Gasteiger partial charge in [0, 0.05) is 0 Å². The standard InChI is InChI=1S/C18H26O/c1-12-4-6-15-8-9-18(19,17(15)10-12)16-7-5-13(2)14(3)11-16/h4,6,10,13-14,16,19H,5,7-9,11H2,1-3H3. The molecule has 0 spiro atoms. The first kappa shape index (κ1) is 13.2. The van der Waals surface area contributed by atoms with Gasteiger partial charge in [-0.3, -0.25) is 0 Å². The van der Waals surface area contributed by atoms with E-state index in [2.05, 4.69) is 39.0 Å². The van der Waals surface area contributed by atoms with Crippen LogP contribution >= 0.6 is 0 Å². The van der Waals surface area contributed by atoms with Crippen LogP contribution in [0.1, 0.15) is 56.2 Å². The Bertz CT molecular complexity index is 479. The second kappa shape index (κ2) is 4.63. The van der Waals surface area contributed by atoms with Crippen LogP contribution in [0, 0.1) is 24.7 Å². The van der Waals surface area contributed by atoms with Crippen molar-refractivity contribution in [2.75, 3.05) is 0 Å². The minimum Gasteiger partial charge on any atom is -0.385 e. The van der Waals surface area contributed by atoms with E-state index in [1.807, 2.05) is 0 Å².